The molecule has 0 aliphatic carbocycles. The summed E-state index contributed by atoms with van der Waals surface area (Å²) in [6.07, 6.45) is 4.50. The fraction of sp³-hybridized carbons (Fsp3) is 0.0526. The molecule has 0 radical (unpaired) electrons. The molecule has 0 bridgehead atoms. The van der Waals surface area contributed by atoms with Crippen molar-refractivity contribution >= 4 is 39.4 Å². The van der Waals surface area contributed by atoms with Crippen LogP contribution in [0, 0.1) is 0 Å². The first-order valence-corrected chi connectivity index (χ1v) is 10.0. The van der Waals surface area contributed by atoms with E-state index in [4.69, 9.17) is 16.7 Å². The van der Waals surface area contributed by atoms with Crippen LogP contribution in [0.1, 0.15) is 5.56 Å². The molecule has 1 aromatic heterocycles. The molecule has 0 spiro atoms. The summed E-state index contributed by atoms with van der Waals surface area (Å²) in [6.45, 7) is -0.241. The first-order chi connectivity index (χ1) is 13.3. The number of imidazole rings is 1. The van der Waals surface area contributed by atoms with E-state index in [0.29, 0.717) is 27.7 Å². The van der Waals surface area contributed by atoms with Crippen LogP contribution in [0.2, 0.25) is 5.02 Å². The molecule has 7 nitrogen and oxygen atoms in total. The van der Waals surface area contributed by atoms with Gasteiger partial charge in [0.05, 0.1) is 5.41 Å². The number of anilines is 1. The minimum Gasteiger partial charge on any atom is -0.480 e. The molecule has 0 saturated heterocycles. The highest BCUT2D eigenvalue weighted by atomic mass is 35.5. The van der Waals surface area contributed by atoms with Crippen LogP contribution in [0.3, 0.4) is 0 Å². The third-order valence-electron chi connectivity index (χ3n) is 3.71. The van der Waals surface area contributed by atoms with Gasteiger partial charge < -0.3 is 9.67 Å². The Bertz CT molecular complexity index is 1120. The van der Waals surface area contributed by atoms with Crippen molar-refractivity contribution in [3.05, 3.63) is 76.9 Å². The Morgan fingerprint density at radius 1 is 1.21 bits per heavy atom. The van der Waals surface area contributed by atoms with Gasteiger partial charge in [0.1, 0.15) is 12.4 Å². The SMILES string of the molecule is O=C(O)Cn1ccnc1-c1cccc(NS(=O)(=O)/C=C/c2ccc(Cl)cc2)c1. The number of carbonyl (C=O) groups is 1. The third-order valence-corrected chi connectivity index (χ3v) is 4.98. The van der Waals surface area contributed by atoms with Crippen molar-refractivity contribution < 1.29 is 18.3 Å². The maximum atomic E-state index is 12.3. The van der Waals surface area contributed by atoms with Crippen LogP contribution in [0.5, 0.6) is 0 Å². The number of aromatic nitrogens is 2. The first kappa shape index (κ1) is 19.7. The number of carboxylic acid groups (broad SMARTS) is 1. The number of carboxylic acids is 1. The highest BCUT2D eigenvalue weighted by molar-refractivity contribution is 7.95. The Balaban J connectivity index is 1.79. The van der Waals surface area contributed by atoms with E-state index in [1.165, 1.54) is 16.8 Å². The number of halogens is 1. The van der Waals surface area contributed by atoms with E-state index in [0.717, 1.165) is 5.41 Å². The summed E-state index contributed by atoms with van der Waals surface area (Å²) >= 11 is 5.81. The molecule has 0 atom stereocenters. The lowest BCUT2D eigenvalue weighted by atomic mass is 10.2. The van der Waals surface area contributed by atoms with Gasteiger partial charge in [0.15, 0.2) is 0 Å². The Hall–Kier alpha value is -3.10. The summed E-state index contributed by atoms with van der Waals surface area (Å²) in [5.41, 5.74) is 1.62. The molecule has 3 aromatic rings. The van der Waals surface area contributed by atoms with Crippen LogP contribution in [-0.4, -0.2) is 29.0 Å². The number of sulfonamides is 1. The van der Waals surface area contributed by atoms with Gasteiger partial charge in [0.2, 0.25) is 0 Å². The van der Waals surface area contributed by atoms with Crippen LogP contribution in [0.25, 0.3) is 17.5 Å². The van der Waals surface area contributed by atoms with Gasteiger partial charge in [-0.05, 0) is 35.9 Å². The maximum absolute atomic E-state index is 12.3. The summed E-state index contributed by atoms with van der Waals surface area (Å²) in [7, 11) is -3.74. The van der Waals surface area contributed by atoms with E-state index in [9.17, 15) is 13.2 Å². The van der Waals surface area contributed by atoms with Gasteiger partial charge in [-0.1, -0.05) is 35.9 Å². The van der Waals surface area contributed by atoms with Crippen molar-refractivity contribution in [3.8, 4) is 11.4 Å². The molecule has 28 heavy (non-hydrogen) atoms. The lowest BCUT2D eigenvalue weighted by Crippen LogP contribution is -2.10. The third kappa shape index (κ3) is 5.21. The minimum absolute atomic E-state index is 0.241. The largest absolute Gasteiger partial charge is 0.480 e. The number of nitrogens with one attached hydrogen (secondary N) is 1. The summed E-state index contributed by atoms with van der Waals surface area (Å²) in [6, 6.07) is 13.3. The minimum atomic E-state index is -3.74. The van der Waals surface area contributed by atoms with Gasteiger partial charge in [-0.2, -0.15) is 0 Å². The number of hydrogen-bond acceptors (Lipinski definition) is 4. The van der Waals surface area contributed by atoms with Crippen LogP contribution < -0.4 is 4.72 Å². The Morgan fingerprint density at radius 3 is 2.68 bits per heavy atom. The Kier molecular flexibility index (Phi) is 5.81. The van der Waals surface area contributed by atoms with Gasteiger partial charge in [-0.25, -0.2) is 13.4 Å². The molecule has 0 aliphatic heterocycles. The lowest BCUT2D eigenvalue weighted by molar-refractivity contribution is -0.137. The molecule has 0 amide bonds. The van der Waals surface area contributed by atoms with E-state index in [1.807, 2.05) is 0 Å². The standard InChI is InChI=1S/C19H16ClN3O4S/c20-16-6-4-14(5-7-16)8-11-28(26,27)22-17-3-1-2-15(12-17)19-21-9-10-23(19)13-18(24)25/h1-12,22H,13H2,(H,24,25)/b11-8+. The van der Waals surface area contributed by atoms with Crippen molar-refractivity contribution in [2.45, 2.75) is 6.54 Å². The zero-order chi connectivity index (χ0) is 20.1. The van der Waals surface area contributed by atoms with Gasteiger partial charge in [0, 0.05) is 28.7 Å². The average Bonchev–Trinajstić information content (AvgIpc) is 3.08. The maximum Gasteiger partial charge on any atom is 0.323 e. The van der Waals surface area contributed by atoms with Crippen LogP contribution in [0.15, 0.2) is 66.3 Å². The zero-order valence-electron chi connectivity index (χ0n) is 14.5. The molecule has 0 saturated carbocycles. The molecule has 0 fully saturated rings. The molecule has 3 rings (SSSR count). The lowest BCUT2D eigenvalue weighted by Gasteiger charge is -2.08. The zero-order valence-corrected chi connectivity index (χ0v) is 16.1. The van der Waals surface area contributed by atoms with E-state index >= 15 is 0 Å². The first-order valence-electron chi connectivity index (χ1n) is 8.12. The molecule has 2 aromatic carbocycles. The summed E-state index contributed by atoms with van der Waals surface area (Å²) in [4.78, 5) is 15.1. The molecule has 0 aliphatic rings. The Labute approximate surface area is 167 Å². The van der Waals surface area contributed by atoms with Crippen molar-refractivity contribution in [1.82, 2.24) is 9.55 Å². The number of nitrogens with zero attached hydrogens (tertiary/aromatic N) is 2. The molecular weight excluding hydrogens is 402 g/mol. The summed E-state index contributed by atoms with van der Waals surface area (Å²) < 4.78 is 28.6. The van der Waals surface area contributed by atoms with E-state index < -0.39 is 16.0 Å². The number of hydrogen-bond donors (Lipinski definition) is 2. The predicted molar refractivity (Wildman–Crippen MR) is 108 cm³/mol. The van der Waals surface area contributed by atoms with Crippen LogP contribution >= 0.6 is 11.6 Å². The molecule has 1 heterocycles. The van der Waals surface area contributed by atoms with Crippen molar-refractivity contribution in [2.75, 3.05) is 4.72 Å². The fourth-order valence-corrected chi connectivity index (χ4v) is 3.49. The van der Waals surface area contributed by atoms with Crippen molar-refractivity contribution in [1.29, 1.82) is 0 Å². The predicted octanol–water partition coefficient (Wildman–Crippen LogP) is 3.70. The molecular formula is C19H16ClN3O4S. The topological polar surface area (TPSA) is 101 Å². The molecule has 2 N–H and O–H groups in total. The fourth-order valence-electron chi connectivity index (χ4n) is 2.50. The Morgan fingerprint density at radius 2 is 1.96 bits per heavy atom. The van der Waals surface area contributed by atoms with E-state index in [-0.39, 0.29) is 6.54 Å². The molecule has 9 heteroatoms. The van der Waals surface area contributed by atoms with E-state index in [2.05, 4.69) is 9.71 Å². The number of rotatable bonds is 7. The van der Waals surface area contributed by atoms with Gasteiger partial charge in [-0.15, -0.1) is 0 Å². The number of benzene rings is 2. The van der Waals surface area contributed by atoms with Gasteiger partial charge >= 0.3 is 5.97 Å². The van der Waals surface area contributed by atoms with Crippen LogP contribution in [-0.2, 0) is 21.4 Å². The normalized spacial score (nSPS) is 11.6. The highest BCUT2D eigenvalue weighted by Gasteiger charge is 2.11. The van der Waals surface area contributed by atoms with Gasteiger partial charge in [-0.3, -0.25) is 9.52 Å². The smallest absolute Gasteiger partial charge is 0.323 e. The van der Waals surface area contributed by atoms with Crippen molar-refractivity contribution in [3.63, 3.8) is 0 Å². The highest BCUT2D eigenvalue weighted by Crippen LogP contribution is 2.22. The quantitative estimate of drug-likeness (QED) is 0.610. The molecule has 0 unspecified atom stereocenters. The van der Waals surface area contributed by atoms with Gasteiger partial charge in [0.25, 0.3) is 10.0 Å². The number of aliphatic carboxylic acids is 1. The van der Waals surface area contributed by atoms with Crippen LogP contribution in [0.4, 0.5) is 5.69 Å². The second-order valence-electron chi connectivity index (χ2n) is 5.85. The van der Waals surface area contributed by atoms with Crippen molar-refractivity contribution in [2.24, 2.45) is 0 Å². The van der Waals surface area contributed by atoms with E-state index in [1.54, 1.807) is 54.7 Å². The summed E-state index contributed by atoms with van der Waals surface area (Å²) in [5, 5.41) is 10.6. The monoisotopic (exact) mass is 417 g/mol. The molecule has 144 valence electrons. The summed E-state index contributed by atoms with van der Waals surface area (Å²) in [5.74, 6) is -0.566. The second-order valence-corrected chi connectivity index (χ2v) is 7.86. The average molecular weight is 418 g/mol. The second kappa shape index (κ2) is 8.28.